The van der Waals surface area contributed by atoms with Gasteiger partial charge in [-0.25, -0.2) is 0 Å². The molecule has 1 heterocycles. The number of hydrogen-bond acceptors (Lipinski definition) is 6. The first-order chi connectivity index (χ1) is 15.4. The fourth-order valence-electron chi connectivity index (χ4n) is 8.70. The van der Waals surface area contributed by atoms with Gasteiger partial charge >= 0.3 is 11.9 Å². The molecule has 33 heavy (non-hydrogen) atoms. The molecule has 0 amide bonds. The zero-order valence-electron chi connectivity index (χ0n) is 21.2. The predicted molar refractivity (Wildman–Crippen MR) is 123 cm³/mol. The van der Waals surface area contributed by atoms with Crippen LogP contribution < -0.4 is 0 Å². The Labute approximate surface area is 198 Å². The van der Waals surface area contributed by atoms with Gasteiger partial charge in [0.1, 0.15) is 6.29 Å². The van der Waals surface area contributed by atoms with Crippen LogP contribution in [0.15, 0.2) is 0 Å². The van der Waals surface area contributed by atoms with E-state index in [1.807, 2.05) is 13.8 Å². The summed E-state index contributed by atoms with van der Waals surface area (Å²) >= 11 is 0. The van der Waals surface area contributed by atoms with Crippen LogP contribution in [0.2, 0.25) is 0 Å². The Balaban J connectivity index is 1.75. The number of esters is 2. The molecule has 1 saturated heterocycles. The van der Waals surface area contributed by atoms with Gasteiger partial charge < -0.3 is 19.0 Å². The average molecular weight is 463 g/mol. The maximum absolute atomic E-state index is 12.7. The van der Waals surface area contributed by atoms with Crippen molar-refractivity contribution in [2.45, 2.75) is 98.9 Å². The number of fused-ring (bicyclic) bond motifs is 6. The van der Waals surface area contributed by atoms with Crippen molar-refractivity contribution >= 4 is 18.2 Å². The van der Waals surface area contributed by atoms with Crippen LogP contribution in [-0.4, -0.2) is 37.2 Å². The molecule has 4 aliphatic rings. The SMILES string of the molecule is CC(=O)O[C@H]1O[C@H]2C[C@@H]1[C@@H](C=O)[C@]1(COC(=O)CC(C)C)CC[C@H]3C(C)(C)CCC[C@]3(C)[C@@H]21. The maximum Gasteiger partial charge on any atom is 0.306 e. The number of aldehydes is 1. The Morgan fingerprint density at radius 1 is 1.15 bits per heavy atom. The van der Waals surface area contributed by atoms with E-state index in [0.29, 0.717) is 12.3 Å². The highest BCUT2D eigenvalue weighted by Gasteiger charge is 2.70. The minimum atomic E-state index is -0.699. The second-order valence-corrected chi connectivity index (χ2v) is 12.6. The summed E-state index contributed by atoms with van der Waals surface area (Å²) in [7, 11) is 0. The van der Waals surface area contributed by atoms with Crippen molar-refractivity contribution in [3.63, 3.8) is 0 Å². The van der Waals surface area contributed by atoms with Gasteiger partial charge in [0.2, 0.25) is 6.29 Å². The van der Waals surface area contributed by atoms with Gasteiger partial charge in [-0.1, -0.05) is 41.0 Å². The van der Waals surface area contributed by atoms with Crippen LogP contribution in [0.1, 0.15) is 86.5 Å². The lowest BCUT2D eigenvalue weighted by Crippen LogP contribution is -2.64. The summed E-state index contributed by atoms with van der Waals surface area (Å²) in [5.74, 6) is -0.312. The third-order valence-electron chi connectivity index (χ3n) is 9.67. The molecule has 0 unspecified atom stereocenters. The molecule has 4 fully saturated rings. The molecule has 0 radical (unpaired) electrons. The average Bonchev–Trinajstić information content (AvgIpc) is 3.02. The molecule has 0 N–H and O–H groups in total. The van der Waals surface area contributed by atoms with Crippen LogP contribution in [0.5, 0.6) is 0 Å². The first-order valence-corrected chi connectivity index (χ1v) is 12.9. The van der Waals surface area contributed by atoms with Gasteiger partial charge in [0.25, 0.3) is 0 Å². The molecular formula is C27H42O6. The van der Waals surface area contributed by atoms with E-state index in [4.69, 9.17) is 14.2 Å². The molecule has 0 spiro atoms. The standard InChI is InChI=1S/C27H42O6/c1-16(2)12-22(30)31-15-27-11-8-21-25(4,5)9-7-10-26(21,6)23(27)20-13-18(19(27)14-28)24(33-20)32-17(3)29/h14,16,18-21,23-24H,7-13,15H2,1-6H3/t18-,19-,20+,21+,23-,24+,26+,27-/m1/s1. The number of hydrogen-bond donors (Lipinski definition) is 0. The molecule has 6 nitrogen and oxygen atoms in total. The Hall–Kier alpha value is -1.43. The molecule has 6 heteroatoms. The van der Waals surface area contributed by atoms with Gasteiger partial charge in [0.15, 0.2) is 0 Å². The molecule has 0 aromatic rings. The molecule has 3 aliphatic carbocycles. The molecule has 8 atom stereocenters. The van der Waals surface area contributed by atoms with E-state index in [9.17, 15) is 14.4 Å². The number of rotatable bonds is 6. The Morgan fingerprint density at radius 3 is 2.52 bits per heavy atom. The number of carbonyl (C=O) groups is 3. The van der Waals surface area contributed by atoms with Crippen molar-refractivity contribution in [1.82, 2.24) is 0 Å². The highest BCUT2D eigenvalue weighted by atomic mass is 16.7. The molecule has 186 valence electrons. The Kier molecular flexibility index (Phi) is 6.48. The second-order valence-electron chi connectivity index (χ2n) is 12.6. The molecule has 2 bridgehead atoms. The molecule has 0 aromatic heterocycles. The topological polar surface area (TPSA) is 78.9 Å². The lowest BCUT2D eigenvalue weighted by Gasteiger charge is -2.66. The Bertz CT molecular complexity index is 789. The fraction of sp³-hybridized carbons (Fsp3) is 0.889. The largest absolute Gasteiger partial charge is 0.465 e. The first kappa shape index (κ1) is 24.7. The summed E-state index contributed by atoms with van der Waals surface area (Å²) in [5, 5.41) is 0. The molecule has 4 rings (SSSR count). The van der Waals surface area contributed by atoms with Crippen molar-refractivity contribution in [3.8, 4) is 0 Å². The van der Waals surface area contributed by atoms with E-state index >= 15 is 0 Å². The van der Waals surface area contributed by atoms with Gasteiger partial charge in [0.05, 0.1) is 12.7 Å². The van der Waals surface area contributed by atoms with Gasteiger partial charge in [-0.2, -0.15) is 0 Å². The van der Waals surface area contributed by atoms with Crippen LogP contribution in [0.3, 0.4) is 0 Å². The van der Waals surface area contributed by atoms with Gasteiger partial charge in [-0.15, -0.1) is 0 Å². The summed E-state index contributed by atoms with van der Waals surface area (Å²) in [6.45, 7) is 12.8. The normalized spacial score (nSPS) is 43.4. The van der Waals surface area contributed by atoms with Crippen molar-refractivity contribution in [1.29, 1.82) is 0 Å². The third-order valence-corrected chi connectivity index (χ3v) is 9.67. The van der Waals surface area contributed by atoms with E-state index < -0.39 is 11.7 Å². The van der Waals surface area contributed by atoms with Crippen molar-refractivity contribution in [2.24, 2.45) is 45.8 Å². The van der Waals surface area contributed by atoms with Crippen LogP contribution in [-0.2, 0) is 28.6 Å². The third kappa shape index (κ3) is 4.04. The van der Waals surface area contributed by atoms with Crippen LogP contribution >= 0.6 is 0 Å². The smallest absolute Gasteiger partial charge is 0.306 e. The fourth-order valence-corrected chi connectivity index (χ4v) is 8.70. The monoisotopic (exact) mass is 462 g/mol. The highest BCUT2D eigenvalue weighted by molar-refractivity contribution is 5.69. The second kappa shape index (κ2) is 8.66. The van der Waals surface area contributed by atoms with Crippen LogP contribution in [0.4, 0.5) is 0 Å². The zero-order chi connectivity index (χ0) is 24.2. The van der Waals surface area contributed by atoms with Crippen LogP contribution in [0, 0.1) is 45.8 Å². The predicted octanol–water partition coefficient (Wildman–Crippen LogP) is 4.93. The van der Waals surface area contributed by atoms with E-state index in [1.54, 1.807) is 0 Å². The van der Waals surface area contributed by atoms with E-state index in [0.717, 1.165) is 38.4 Å². The number of ether oxygens (including phenoxy) is 3. The summed E-state index contributed by atoms with van der Waals surface area (Å²) in [6, 6.07) is 0. The lowest BCUT2D eigenvalue weighted by molar-refractivity contribution is -0.217. The van der Waals surface area contributed by atoms with Gasteiger partial charge in [-0.05, 0) is 54.8 Å². The summed E-state index contributed by atoms with van der Waals surface area (Å²) in [5.41, 5.74) is -0.281. The van der Waals surface area contributed by atoms with Crippen molar-refractivity contribution in [2.75, 3.05) is 6.61 Å². The number of carbonyl (C=O) groups excluding carboxylic acids is 3. The summed E-state index contributed by atoms with van der Waals surface area (Å²) in [6.07, 6.45) is 6.64. The van der Waals surface area contributed by atoms with Crippen molar-refractivity contribution in [3.05, 3.63) is 0 Å². The quantitative estimate of drug-likeness (QED) is 0.411. The van der Waals surface area contributed by atoms with Crippen molar-refractivity contribution < 1.29 is 28.6 Å². The van der Waals surface area contributed by atoms with E-state index in [2.05, 4.69) is 20.8 Å². The van der Waals surface area contributed by atoms with E-state index in [1.165, 1.54) is 13.3 Å². The molecule has 1 aliphatic heterocycles. The summed E-state index contributed by atoms with van der Waals surface area (Å²) < 4.78 is 17.9. The maximum atomic E-state index is 12.7. The molecule has 0 aromatic carbocycles. The minimum absolute atomic E-state index is 0.0214. The molecular weight excluding hydrogens is 420 g/mol. The zero-order valence-corrected chi connectivity index (χ0v) is 21.2. The first-order valence-electron chi connectivity index (χ1n) is 12.9. The minimum Gasteiger partial charge on any atom is -0.465 e. The van der Waals surface area contributed by atoms with E-state index in [-0.39, 0.29) is 59.2 Å². The van der Waals surface area contributed by atoms with Gasteiger partial charge in [-0.3, -0.25) is 9.59 Å². The molecule has 3 saturated carbocycles. The Morgan fingerprint density at radius 2 is 1.88 bits per heavy atom. The van der Waals surface area contributed by atoms with Crippen LogP contribution in [0.25, 0.3) is 0 Å². The van der Waals surface area contributed by atoms with Gasteiger partial charge in [0, 0.05) is 36.5 Å². The highest BCUT2D eigenvalue weighted by Crippen LogP contribution is 2.71. The summed E-state index contributed by atoms with van der Waals surface area (Å²) in [4.78, 5) is 37.1. The lowest BCUT2D eigenvalue weighted by atomic mass is 9.38.